The average molecular weight is 535 g/mol. The van der Waals surface area contributed by atoms with Crippen molar-refractivity contribution in [3.8, 4) is 5.75 Å². The summed E-state index contributed by atoms with van der Waals surface area (Å²) in [5.41, 5.74) is -0.682. The summed E-state index contributed by atoms with van der Waals surface area (Å²) in [6.45, 7) is 0. The molecule has 0 bridgehead atoms. The van der Waals surface area contributed by atoms with Crippen LogP contribution in [0.2, 0.25) is 0 Å². The summed E-state index contributed by atoms with van der Waals surface area (Å²) < 4.78 is 53.7. The lowest BCUT2D eigenvalue weighted by Gasteiger charge is -2.16. The number of likely N-dealkylation sites (N-methyl/N-ethyl adjacent to an activating group) is 1. The molecular formula is C24H27FN4O7S. The minimum atomic E-state index is -3.98. The smallest absolute Gasteiger partial charge is 0.414 e. The largest absolute Gasteiger partial charge is 0.422 e. The third-order valence-electron chi connectivity index (χ3n) is 5.45. The first-order valence-electron chi connectivity index (χ1n) is 11.0. The van der Waals surface area contributed by atoms with Crippen LogP contribution in [-0.2, 0) is 27.8 Å². The van der Waals surface area contributed by atoms with Gasteiger partial charge in [0, 0.05) is 58.7 Å². The highest BCUT2D eigenvalue weighted by Crippen LogP contribution is 2.28. The predicted octanol–water partition coefficient (Wildman–Crippen LogP) is 2.09. The van der Waals surface area contributed by atoms with Gasteiger partial charge >= 0.3 is 11.7 Å². The van der Waals surface area contributed by atoms with Crippen LogP contribution in [0, 0.1) is 5.82 Å². The van der Waals surface area contributed by atoms with Crippen LogP contribution in [0.15, 0.2) is 45.6 Å². The Balaban J connectivity index is 2.14. The molecule has 3 aromatic rings. The maximum Gasteiger partial charge on any atom is 0.414 e. The van der Waals surface area contributed by atoms with Crippen LogP contribution >= 0.6 is 0 Å². The quantitative estimate of drug-likeness (QED) is 0.422. The Hall–Kier alpha value is -3.97. The van der Waals surface area contributed by atoms with Gasteiger partial charge < -0.3 is 19.0 Å². The Morgan fingerprint density at radius 3 is 2.38 bits per heavy atom. The molecule has 3 rings (SSSR count). The molecule has 2 amide bonds. The number of benzene rings is 2. The monoisotopic (exact) mass is 534 g/mol. The maximum atomic E-state index is 15.2. The van der Waals surface area contributed by atoms with E-state index in [9.17, 15) is 22.8 Å². The number of carbonyl (C=O) groups is 2. The van der Waals surface area contributed by atoms with E-state index in [0.29, 0.717) is 10.9 Å². The number of amides is 2. The SMILES string of the molecule is CNS(=O)(=O)Nc1cccc(Cc2c(CC(=O)N(C)C)c3ccc(OC(=O)N(C)C)cc3oc2=O)c1F. The number of fused-ring (bicyclic) bond motifs is 1. The molecule has 0 aliphatic rings. The number of halogens is 1. The first kappa shape index (κ1) is 27.6. The molecule has 2 N–H and O–H groups in total. The van der Waals surface area contributed by atoms with Crippen molar-refractivity contribution in [3.05, 3.63) is 69.3 Å². The molecule has 13 heteroatoms. The zero-order valence-electron chi connectivity index (χ0n) is 20.9. The molecule has 11 nitrogen and oxygen atoms in total. The van der Waals surface area contributed by atoms with Crippen molar-refractivity contribution in [2.75, 3.05) is 40.0 Å². The van der Waals surface area contributed by atoms with E-state index in [0.717, 1.165) is 0 Å². The van der Waals surface area contributed by atoms with Gasteiger partial charge in [-0.25, -0.2) is 18.7 Å². The molecular weight excluding hydrogens is 507 g/mol. The van der Waals surface area contributed by atoms with Gasteiger partial charge in [0.2, 0.25) is 5.91 Å². The third-order valence-corrected chi connectivity index (χ3v) is 6.47. The normalized spacial score (nSPS) is 11.3. The molecule has 0 atom stereocenters. The van der Waals surface area contributed by atoms with E-state index in [2.05, 4.69) is 4.72 Å². The minimum Gasteiger partial charge on any atom is -0.422 e. The van der Waals surface area contributed by atoms with Gasteiger partial charge in [0.25, 0.3) is 10.2 Å². The molecule has 0 fully saturated rings. The molecule has 0 saturated carbocycles. The molecule has 0 spiro atoms. The lowest BCUT2D eigenvalue weighted by atomic mass is 9.95. The van der Waals surface area contributed by atoms with Crippen LogP contribution in [0.25, 0.3) is 11.0 Å². The lowest BCUT2D eigenvalue weighted by Crippen LogP contribution is -2.27. The Morgan fingerprint density at radius 2 is 1.76 bits per heavy atom. The number of carbonyl (C=O) groups excluding carboxylic acids is 2. The Bertz CT molecular complexity index is 1520. The van der Waals surface area contributed by atoms with E-state index >= 15 is 4.39 Å². The van der Waals surface area contributed by atoms with Crippen molar-refractivity contribution in [2.45, 2.75) is 12.8 Å². The highest BCUT2D eigenvalue weighted by atomic mass is 32.2. The summed E-state index contributed by atoms with van der Waals surface area (Å²) in [6.07, 6.45) is -1.09. The van der Waals surface area contributed by atoms with Crippen LogP contribution in [0.5, 0.6) is 5.75 Å². The number of hydrogen-bond acceptors (Lipinski definition) is 7. The van der Waals surface area contributed by atoms with Gasteiger partial charge in [0.15, 0.2) is 5.82 Å². The second kappa shape index (κ2) is 11.0. The van der Waals surface area contributed by atoms with Crippen LogP contribution < -0.4 is 19.8 Å². The fourth-order valence-electron chi connectivity index (χ4n) is 3.41. The van der Waals surface area contributed by atoms with Gasteiger partial charge in [-0.3, -0.25) is 9.52 Å². The van der Waals surface area contributed by atoms with Crippen molar-refractivity contribution in [3.63, 3.8) is 0 Å². The third kappa shape index (κ3) is 6.43. The minimum absolute atomic E-state index is 0.0121. The average Bonchev–Trinajstić information content (AvgIpc) is 2.82. The molecule has 2 aromatic carbocycles. The zero-order valence-corrected chi connectivity index (χ0v) is 21.7. The lowest BCUT2D eigenvalue weighted by molar-refractivity contribution is -0.127. The van der Waals surface area contributed by atoms with E-state index in [4.69, 9.17) is 9.15 Å². The van der Waals surface area contributed by atoms with Crippen LogP contribution in [0.4, 0.5) is 14.9 Å². The summed E-state index contributed by atoms with van der Waals surface area (Å²) in [4.78, 5) is 40.2. The van der Waals surface area contributed by atoms with Crippen molar-refractivity contribution in [2.24, 2.45) is 0 Å². The maximum absolute atomic E-state index is 15.2. The van der Waals surface area contributed by atoms with Gasteiger partial charge in [-0.05, 0) is 29.3 Å². The van der Waals surface area contributed by atoms with Crippen LogP contribution in [0.3, 0.4) is 0 Å². The van der Waals surface area contributed by atoms with Gasteiger partial charge in [0.05, 0.1) is 12.1 Å². The number of hydrogen-bond donors (Lipinski definition) is 2. The van der Waals surface area contributed by atoms with E-state index in [-0.39, 0.29) is 46.9 Å². The van der Waals surface area contributed by atoms with E-state index in [1.165, 1.54) is 61.3 Å². The summed E-state index contributed by atoms with van der Waals surface area (Å²) >= 11 is 0. The summed E-state index contributed by atoms with van der Waals surface area (Å²) in [5.74, 6) is -1.06. The molecule has 0 saturated heterocycles. The van der Waals surface area contributed by atoms with Crippen molar-refractivity contribution >= 4 is 38.9 Å². The highest BCUT2D eigenvalue weighted by Gasteiger charge is 2.22. The summed E-state index contributed by atoms with van der Waals surface area (Å²) in [6, 6.07) is 8.47. The number of nitrogens with zero attached hydrogens (tertiary/aromatic N) is 2. The first-order valence-corrected chi connectivity index (χ1v) is 12.5. The summed E-state index contributed by atoms with van der Waals surface area (Å²) in [7, 11) is 3.34. The van der Waals surface area contributed by atoms with Gasteiger partial charge in [-0.1, -0.05) is 12.1 Å². The van der Waals surface area contributed by atoms with Gasteiger partial charge in [-0.15, -0.1) is 0 Å². The van der Waals surface area contributed by atoms with E-state index in [1.807, 2.05) is 4.72 Å². The second-order valence-electron chi connectivity index (χ2n) is 8.50. The van der Waals surface area contributed by atoms with Crippen molar-refractivity contribution in [1.29, 1.82) is 0 Å². The molecule has 1 aromatic heterocycles. The molecule has 0 radical (unpaired) electrons. The Morgan fingerprint density at radius 1 is 1.05 bits per heavy atom. The number of nitrogens with one attached hydrogen (secondary N) is 2. The topological polar surface area (TPSA) is 138 Å². The molecule has 0 aliphatic heterocycles. The predicted molar refractivity (Wildman–Crippen MR) is 135 cm³/mol. The van der Waals surface area contributed by atoms with E-state index < -0.39 is 27.7 Å². The number of anilines is 1. The number of ether oxygens (including phenoxy) is 1. The van der Waals surface area contributed by atoms with E-state index in [1.54, 1.807) is 20.2 Å². The van der Waals surface area contributed by atoms with Crippen LogP contribution in [-0.4, -0.2) is 65.5 Å². The van der Waals surface area contributed by atoms with Crippen LogP contribution in [0.1, 0.15) is 16.7 Å². The van der Waals surface area contributed by atoms with Crippen molar-refractivity contribution in [1.82, 2.24) is 14.5 Å². The molecule has 198 valence electrons. The standard InChI is InChI=1S/C24H27FN4O7S/c1-26-37(33,34)27-19-8-6-7-14(22(19)25)11-18-17(13-21(30)28(2)3)16-10-9-15(35-24(32)29(4)5)12-20(16)36-23(18)31/h6-10,12,26-27H,11,13H2,1-5H3. The summed E-state index contributed by atoms with van der Waals surface area (Å²) in [5, 5.41) is 0.405. The van der Waals surface area contributed by atoms with Gasteiger partial charge in [0.1, 0.15) is 11.3 Å². The fraction of sp³-hybridized carbons (Fsp3) is 0.292. The van der Waals surface area contributed by atoms with Crippen molar-refractivity contribution < 1.29 is 31.6 Å². The molecule has 0 aliphatic carbocycles. The van der Waals surface area contributed by atoms with Gasteiger partial charge in [-0.2, -0.15) is 8.42 Å². The zero-order chi connectivity index (χ0) is 27.5. The molecule has 1 heterocycles. The fourth-order valence-corrected chi connectivity index (χ4v) is 3.96. The Labute approximate surface area is 213 Å². The molecule has 37 heavy (non-hydrogen) atoms. The highest BCUT2D eigenvalue weighted by molar-refractivity contribution is 7.90. The second-order valence-corrected chi connectivity index (χ2v) is 10.1. The Kier molecular flexibility index (Phi) is 8.18. The molecule has 0 unspecified atom stereocenters. The first-order chi connectivity index (χ1) is 17.3. The number of rotatable bonds is 8.